The topological polar surface area (TPSA) is 100 Å². The van der Waals surface area contributed by atoms with Crippen molar-refractivity contribution in [3.63, 3.8) is 0 Å². The molecule has 0 saturated heterocycles. The zero-order chi connectivity index (χ0) is 22.1. The predicted octanol–water partition coefficient (Wildman–Crippen LogP) is 3.24. The second kappa shape index (κ2) is 7.99. The van der Waals surface area contributed by atoms with Gasteiger partial charge >= 0.3 is 0 Å². The highest BCUT2D eigenvalue weighted by molar-refractivity contribution is 5.69. The summed E-state index contributed by atoms with van der Waals surface area (Å²) in [6.45, 7) is 6.38. The summed E-state index contributed by atoms with van der Waals surface area (Å²) < 4.78 is 18.3. The van der Waals surface area contributed by atoms with Crippen LogP contribution in [0.2, 0.25) is 0 Å². The number of halogens is 1. The molecule has 4 rings (SSSR count). The van der Waals surface area contributed by atoms with E-state index in [1.54, 1.807) is 23.1 Å². The molecule has 0 fully saturated rings. The van der Waals surface area contributed by atoms with Crippen LogP contribution in [0, 0.1) is 25.1 Å². The third-order valence-electron chi connectivity index (χ3n) is 4.95. The fraction of sp³-hybridized carbons (Fsp3) is 0.227. The molecule has 3 heterocycles. The van der Waals surface area contributed by atoms with Gasteiger partial charge in [-0.2, -0.15) is 5.10 Å². The maximum Gasteiger partial charge on any atom is 0.193 e. The Morgan fingerprint density at radius 2 is 2.03 bits per heavy atom. The lowest BCUT2D eigenvalue weighted by Gasteiger charge is -2.10. The smallest absolute Gasteiger partial charge is 0.193 e. The highest BCUT2D eigenvalue weighted by Crippen LogP contribution is 2.28. The Hall–Kier alpha value is -4.06. The molecule has 0 amide bonds. The first-order chi connectivity index (χ1) is 14.9. The van der Waals surface area contributed by atoms with E-state index in [0.29, 0.717) is 17.7 Å². The van der Waals surface area contributed by atoms with E-state index in [9.17, 15) is 4.39 Å². The van der Waals surface area contributed by atoms with Gasteiger partial charge in [0.25, 0.3) is 0 Å². The molecule has 156 valence electrons. The van der Waals surface area contributed by atoms with Crippen molar-refractivity contribution >= 4 is 5.82 Å². The molecule has 3 aromatic heterocycles. The normalized spacial score (nSPS) is 11.1. The van der Waals surface area contributed by atoms with E-state index in [1.807, 2.05) is 43.7 Å². The highest BCUT2D eigenvalue weighted by Gasteiger charge is 2.19. The van der Waals surface area contributed by atoms with Gasteiger partial charge in [0, 0.05) is 23.4 Å². The SMILES string of the molecule is C#Cc1cccc(-c2nc(N)c(F)c(-c3cn(Cc4ccnn4C(C)C)nn3)n2)c1C. The summed E-state index contributed by atoms with van der Waals surface area (Å²) in [6, 6.07) is 7.55. The van der Waals surface area contributed by atoms with Gasteiger partial charge in [-0.05, 0) is 38.5 Å². The van der Waals surface area contributed by atoms with Gasteiger partial charge in [-0.25, -0.2) is 19.0 Å². The molecule has 0 spiro atoms. The summed E-state index contributed by atoms with van der Waals surface area (Å²) in [5.74, 6) is 1.89. The van der Waals surface area contributed by atoms with E-state index in [4.69, 9.17) is 12.2 Å². The molecule has 31 heavy (non-hydrogen) atoms. The Morgan fingerprint density at radius 3 is 2.77 bits per heavy atom. The lowest BCUT2D eigenvalue weighted by molar-refractivity contribution is 0.490. The number of hydrogen-bond donors (Lipinski definition) is 1. The Balaban J connectivity index is 1.73. The van der Waals surface area contributed by atoms with Crippen molar-refractivity contribution in [2.24, 2.45) is 0 Å². The molecule has 0 atom stereocenters. The number of terminal acetylenes is 1. The van der Waals surface area contributed by atoms with Gasteiger partial charge in [0.15, 0.2) is 17.5 Å². The molecule has 0 aliphatic rings. The van der Waals surface area contributed by atoms with Crippen LogP contribution in [0.25, 0.3) is 22.8 Å². The largest absolute Gasteiger partial charge is 0.381 e. The molecule has 4 aromatic rings. The van der Waals surface area contributed by atoms with E-state index < -0.39 is 5.82 Å². The van der Waals surface area contributed by atoms with E-state index in [1.165, 1.54) is 0 Å². The molecule has 1 aromatic carbocycles. The van der Waals surface area contributed by atoms with Crippen LogP contribution in [0.1, 0.15) is 36.7 Å². The molecule has 0 radical (unpaired) electrons. The number of nitrogens with two attached hydrogens (primary N) is 1. The summed E-state index contributed by atoms with van der Waals surface area (Å²) in [7, 11) is 0. The minimum atomic E-state index is -0.742. The third-order valence-corrected chi connectivity index (χ3v) is 4.95. The van der Waals surface area contributed by atoms with Gasteiger partial charge in [0.05, 0.1) is 18.4 Å². The highest BCUT2D eigenvalue weighted by atomic mass is 19.1. The Kier molecular flexibility index (Phi) is 5.21. The molecular weight excluding hydrogens is 395 g/mol. The lowest BCUT2D eigenvalue weighted by Crippen LogP contribution is -2.11. The molecule has 8 nitrogen and oxygen atoms in total. The van der Waals surface area contributed by atoms with Gasteiger partial charge in [0.2, 0.25) is 0 Å². The van der Waals surface area contributed by atoms with E-state index in [0.717, 1.165) is 11.3 Å². The monoisotopic (exact) mass is 416 g/mol. The molecule has 0 bridgehead atoms. The average molecular weight is 416 g/mol. The first-order valence-corrected chi connectivity index (χ1v) is 9.71. The quantitative estimate of drug-likeness (QED) is 0.501. The summed E-state index contributed by atoms with van der Waals surface area (Å²) in [6.07, 6.45) is 8.91. The van der Waals surface area contributed by atoms with Gasteiger partial charge < -0.3 is 5.73 Å². The van der Waals surface area contributed by atoms with Crippen LogP contribution < -0.4 is 5.73 Å². The molecule has 9 heteroatoms. The molecule has 0 unspecified atom stereocenters. The standard InChI is InChI=1S/C22H21FN8/c1-5-15-7-6-8-17(14(15)4)22-26-20(19(23)21(24)27-22)18-12-30(29-28-18)11-16-9-10-25-31(16)13(2)3/h1,6-10,12-13H,11H2,2-4H3,(H2,24,26,27). The molecule has 0 saturated carbocycles. The predicted molar refractivity (Wildman–Crippen MR) is 115 cm³/mol. The number of anilines is 1. The summed E-state index contributed by atoms with van der Waals surface area (Å²) in [5.41, 5.74) is 9.25. The fourth-order valence-corrected chi connectivity index (χ4v) is 3.37. The minimum Gasteiger partial charge on any atom is -0.381 e. The second-order valence-electron chi connectivity index (χ2n) is 7.38. The van der Waals surface area contributed by atoms with Crippen LogP contribution in [0.15, 0.2) is 36.7 Å². The second-order valence-corrected chi connectivity index (χ2v) is 7.38. The molecule has 0 aliphatic carbocycles. The van der Waals surface area contributed by atoms with Gasteiger partial charge in [-0.1, -0.05) is 23.3 Å². The van der Waals surface area contributed by atoms with Crippen LogP contribution >= 0.6 is 0 Å². The molecule has 0 aliphatic heterocycles. The average Bonchev–Trinajstić information content (AvgIpc) is 3.40. The van der Waals surface area contributed by atoms with Crippen molar-refractivity contribution in [3.05, 3.63) is 59.3 Å². The van der Waals surface area contributed by atoms with E-state index in [2.05, 4.69) is 31.3 Å². The number of hydrogen-bond acceptors (Lipinski definition) is 6. The van der Waals surface area contributed by atoms with Crippen molar-refractivity contribution in [1.29, 1.82) is 0 Å². The van der Waals surface area contributed by atoms with Crippen molar-refractivity contribution in [3.8, 4) is 35.1 Å². The van der Waals surface area contributed by atoms with Crippen molar-refractivity contribution in [2.75, 3.05) is 5.73 Å². The fourth-order valence-electron chi connectivity index (χ4n) is 3.37. The van der Waals surface area contributed by atoms with Crippen LogP contribution in [-0.4, -0.2) is 34.7 Å². The van der Waals surface area contributed by atoms with Crippen molar-refractivity contribution < 1.29 is 4.39 Å². The van der Waals surface area contributed by atoms with Crippen LogP contribution in [-0.2, 0) is 6.54 Å². The lowest BCUT2D eigenvalue weighted by atomic mass is 10.0. The van der Waals surface area contributed by atoms with E-state index in [-0.39, 0.29) is 29.1 Å². The first-order valence-electron chi connectivity index (χ1n) is 9.71. The van der Waals surface area contributed by atoms with Gasteiger partial charge in [-0.15, -0.1) is 11.5 Å². The molecule has 2 N–H and O–H groups in total. The maximum absolute atomic E-state index is 14.8. The number of nitrogens with zero attached hydrogens (tertiary/aromatic N) is 7. The van der Waals surface area contributed by atoms with Crippen molar-refractivity contribution in [2.45, 2.75) is 33.4 Å². The Bertz CT molecular complexity index is 1300. The van der Waals surface area contributed by atoms with E-state index >= 15 is 0 Å². The van der Waals surface area contributed by atoms with Crippen LogP contribution in [0.3, 0.4) is 0 Å². The number of rotatable bonds is 5. The first kappa shape index (κ1) is 20.2. The Labute approximate surface area is 179 Å². The summed E-state index contributed by atoms with van der Waals surface area (Å²) >= 11 is 0. The van der Waals surface area contributed by atoms with Gasteiger partial charge in [0.1, 0.15) is 11.4 Å². The van der Waals surface area contributed by atoms with Gasteiger partial charge in [-0.3, -0.25) is 4.68 Å². The zero-order valence-corrected chi connectivity index (χ0v) is 17.4. The number of nitrogen functional groups attached to an aromatic ring is 1. The van der Waals surface area contributed by atoms with Crippen LogP contribution in [0.5, 0.6) is 0 Å². The van der Waals surface area contributed by atoms with Crippen molar-refractivity contribution in [1.82, 2.24) is 34.7 Å². The number of benzene rings is 1. The van der Waals surface area contributed by atoms with Crippen LogP contribution in [0.4, 0.5) is 10.2 Å². The minimum absolute atomic E-state index is 0.0170. The Morgan fingerprint density at radius 1 is 1.23 bits per heavy atom. The zero-order valence-electron chi connectivity index (χ0n) is 17.4. The third kappa shape index (κ3) is 3.75. The maximum atomic E-state index is 14.8. The summed E-state index contributed by atoms with van der Waals surface area (Å²) in [4.78, 5) is 8.52. The molecular formula is C22H21FN8. The number of aromatic nitrogens is 7. The summed E-state index contributed by atoms with van der Waals surface area (Å²) in [5, 5.41) is 12.5.